The molecule has 0 spiro atoms. The fourth-order valence-corrected chi connectivity index (χ4v) is 3.63. The third-order valence-corrected chi connectivity index (χ3v) is 5.54. The second-order valence-electron chi connectivity index (χ2n) is 6.11. The molecule has 2 fully saturated rings. The summed E-state index contributed by atoms with van der Waals surface area (Å²) in [5, 5.41) is 2.88. The molecule has 2 saturated carbocycles. The predicted molar refractivity (Wildman–Crippen MR) is 133 cm³/mol. The number of rotatable bonds is 2. The smallest absolute Gasteiger partial charge is 0.346 e. The van der Waals surface area contributed by atoms with Crippen LogP contribution >= 0.6 is 15.7 Å². The second kappa shape index (κ2) is 17.1. The van der Waals surface area contributed by atoms with Crippen LogP contribution in [-0.4, -0.2) is 6.66 Å². The van der Waals surface area contributed by atoms with Crippen LogP contribution in [0.25, 0.3) is 0 Å². The van der Waals surface area contributed by atoms with E-state index in [0.717, 1.165) is 0 Å². The zero-order chi connectivity index (χ0) is 25.3. The Morgan fingerprint density at radius 1 is 0.500 bits per heavy atom. The molecular weight excluding hydrogens is 572 g/mol. The third kappa shape index (κ3) is 26.2. The Bertz CT molecular complexity index is 641. The minimum absolute atomic E-state index is 0. The summed E-state index contributed by atoms with van der Waals surface area (Å²) in [5.74, 6) is 0. The fourth-order valence-electron chi connectivity index (χ4n) is 2.09. The molecule has 9 heteroatoms. The Morgan fingerprint density at radius 3 is 0.853 bits per heavy atom. The van der Waals surface area contributed by atoms with Gasteiger partial charge in [0, 0.05) is 0 Å². The van der Waals surface area contributed by atoms with Gasteiger partial charge in [-0.2, -0.15) is 6.92 Å². The summed E-state index contributed by atoms with van der Waals surface area (Å²) in [6, 6.07) is 21.4. The zero-order valence-corrected chi connectivity index (χ0v) is 22.6. The summed E-state index contributed by atoms with van der Waals surface area (Å²) >= 11 is 0. The van der Waals surface area contributed by atoms with E-state index in [4.69, 9.17) is 0 Å². The normalized spacial score (nSPS) is 16.3. The van der Waals surface area contributed by atoms with Gasteiger partial charge in [0.05, 0.1) is 0 Å². The van der Waals surface area contributed by atoms with Crippen molar-refractivity contribution < 1.29 is 46.2 Å². The number of benzene rings is 2. The second-order valence-corrected chi connectivity index (χ2v) is 10.2. The van der Waals surface area contributed by atoms with E-state index in [0.29, 0.717) is 0 Å². The van der Waals surface area contributed by atoms with Crippen LogP contribution in [-0.2, 0) is 21.1 Å². The van der Waals surface area contributed by atoms with E-state index in [1.807, 2.05) is 64.2 Å². The first-order valence-corrected chi connectivity index (χ1v) is 13.6. The van der Waals surface area contributed by atoms with Gasteiger partial charge in [0.2, 0.25) is 0 Å². The summed E-state index contributed by atoms with van der Waals surface area (Å²) in [5.41, 5.74) is 0. The third-order valence-electron chi connectivity index (χ3n) is 3.40. The van der Waals surface area contributed by atoms with Crippen LogP contribution in [0.4, 0.5) is 25.2 Å². The fraction of sp³-hybridized carbons (Fsp3) is 0.0800. The first-order chi connectivity index (χ1) is 15.3. The van der Waals surface area contributed by atoms with Crippen molar-refractivity contribution in [2.45, 2.75) is 6.92 Å². The first kappa shape index (κ1) is 35.7. The molecule has 0 heterocycles. The van der Waals surface area contributed by atoms with Crippen molar-refractivity contribution in [3.05, 3.63) is 132 Å². The van der Waals surface area contributed by atoms with E-state index in [2.05, 4.69) is 74.3 Å². The van der Waals surface area contributed by atoms with Crippen molar-refractivity contribution in [3.63, 3.8) is 0 Å². The molecule has 0 amide bonds. The zero-order valence-electron chi connectivity index (χ0n) is 18.8. The Balaban J connectivity index is 0. The molecule has 10 radical (unpaired) electrons. The molecule has 0 saturated heterocycles. The van der Waals surface area contributed by atoms with E-state index in [-0.39, 0.29) is 29.0 Å². The topological polar surface area (TPSA) is 0 Å². The van der Waals surface area contributed by atoms with Gasteiger partial charge in [-0.05, 0) is 89.4 Å². The van der Waals surface area contributed by atoms with Gasteiger partial charge in [0.1, 0.15) is 0 Å². The van der Waals surface area contributed by atoms with E-state index in [9.17, 15) is 25.2 Å². The molecule has 186 valence electrons. The minimum atomic E-state index is -10.7. The van der Waals surface area contributed by atoms with Crippen molar-refractivity contribution in [3.8, 4) is 0 Å². The Labute approximate surface area is 217 Å². The van der Waals surface area contributed by atoms with Crippen LogP contribution in [0.2, 0.25) is 0 Å². The summed E-state index contributed by atoms with van der Waals surface area (Å²) in [6.45, 7) is 7.31. The van der Waals surface area contributed by atoms with Gasteiger partial charge in [-0.25, -0.2) is 0 Å². The van der Waals surface area contributed by atoms with E-state index in [1.54, 1.807) is 6.92 Å². The van der Waals surface area contributed by atoms with Crippen LogP contribution in [0.5, 0.6) is 0 Å². The molecule has 2 aliphatic rings. The minimum Gasteiger partial charge on any atom is -0.346 e. The predicted octanol–water partition coefficient (Wildman–Crippen LogP) is 9.01. The standard InChI is InChI=1S/C13H13P.2C5H5.C2H5.F6P.Mo/c1-14(12-8-4-2-5-9-12)13-10-6-3-7-11-13;2*1-2-4-5-3-1;1-2;1-7(2,3,4,5)6;/h2-11H,1H3;2*1-5H;1H2,2H3;;/q;;;2*-1;+2. The van der Waals surface area contributed by atoms with Gasteiger partial charge in [-0.3, -0.25) is 0 Å². The SMILES string of the molecule is CP(c1ccccc1)c1ccccc1.F[P-](F)(F)(F)(F)F.[CH2-]C.[CH]1[CH][CH][CH][CH]1.[CH]1[CH][CH][CH][CH]1.[Mo+2]. The number of hydrogen-bond donors (Lipinski definition) is 0. The van der Waals surface area contributed by atoms with Crippen LogP contribution in [0.15, 0.2) is 60.7 Å². The largest absolute Gasteiger partial charge is 2.00 e. The monoisotopic (exact) mass is 602 g/mol. The van der Waals surface area contributed by atoms with Gasteiger partial charge in [-0.1, -0.05) is 60.7 Å². The van der Waals surface area contributed by atoms with Crippen LogP contribution < -0.4 is 10.6 Å². The molecule has 0 unspecified atom stereocenters. The molecule has 0 aromatic heterocycles. The van der Waals surface area contributed by atoms with Gasteiger partial charge in [0.25, 0.3) is 0 Å². The summed E-state index contributed by atoms with van der Waals surface area (Å²) in [4.78, 5) is 0. The maximum absolute atomic E-state index is 10.7. The Morgan fingerprint density at radius 2 is 0.676 bits per heavy atom. The average Bonchev–Trinajstić information content (AvgIpc) is 3.53. The van der Waals surface area contributed by atoms with Crippen molar-refractivity contribution >= 4 is 26.3 Å². The summed E-state index contributed by atoms with van der Waals surface area (Å²) in [7, 11) is -10.8. The Hall–Kier alpha value is -0.432. The molecule has 0 nitrogen and oxygen atoms in total. The van der Waals surface area contributed by atoms with Gasteiger partial charge >= 0.3 is 54.1 Å². The number of hydrogen-bond acceptors (Lipinski definition) is 0. The molecule has 2 aromatic carbocycles. The molecule has 2 aliphatic carbocycles. The molecule has 34 heavy (non-hydrogen) atoms. The van der Waals surface area contributed by atoms with Crippen LogP contribution in [0, 0.1) is 71.1 Å². The quantitative estimate of drug-likeness (QED) is 0.140. The van der Waals surface area contributed by atoms with Gasteiger partial charge < -0.3 is 6.92 Å². The van der Waals surface area contributed by atoms with Crippen molar-refractivity contribution in [1.29, 1.82) is 0 Å². The average molecular weight is 600 g/mol. The summed E-state index contributed by atoms with van der Waals surface area (Å²) < 4.78 is 59.2. The molecule has 2 aromatic rings. The molecule has 0 N–H and O–H groups in total. The Kier molecular flexibility index (Phi) is 18.0. The van der Waals surface area contributed by atoms with Crippen molar-refractivity contribution in [2.24, 2.45) is 0 Å². The molecular formula is C25H28F6MoP2. The van der Waals surface area contributed by atoms with Gasteiger partial charge in [0.15, 0.2) is 0 Å². The summed E-state index contributed by atoms with van der Waals surface area (Å²) in [6.07, 6.45) is 20.0. The molecule has 0 atom stereocenters. The maximum atomic E-state index is 9.87. The van der Waals surface area contributed by atoms with Crippen LogP contribution in [0.3, 0.4) is 0 Å². The maximum Gasteiger partial charge on any atom is 2.00 e. The van der Waals surface area contributed by atoms with Crippen molar-refractivity contribution in [2.75, 3.05) is 6.66 Å². The van der Waals surface area contributed by atoms with Crippen LogP contribution in [0.1, 0.15) is 6.92 Å². The van der Waals surface area contributed by atoms with Gasteiger partial charge in [-0.15, -0.1) is 0 Å². The number of halogens is 6. The van der Waals surface area contributed by atoms with E-state index >= 15 is 0 Å². The first-order valence-electron chi connectivity index (χ1n) is 9.77. The molecule has 4 rings (SSSR count). The van der Waals surface area contributed by atoms with E-state index < -0.39 is 7.81 Å². The molecule has 0 aliphatic heterocycles. The molecule has 0 bridgehead atoms. The van der Waals surface area contributed by atoms with Crippen molar-refractivity contribution in [1.82, 2.24) is 0 Å². The van der Waals surface area contributed by atoms with E-state index in [1.165, 1.54) is 10.6 Å².